The lowest BCUT2D eigenvalue weighted by atomic mass is 10.00. The van der Waals surface area contributed by atoms with E-state index in [0.717, 1.165) is 35.3 Å². The summed E-state index contributed by atoms with van der Waals surface area (Å²) in [6.45, 7) is 6.65. The topological polar surface area (TPSA) is 22.0 Å². The number of Topliss-reactive ketones (excluding diaryl/α,β-unsaturated/α-hetero) is 1. The van der Waals surface area contributed by atoms with Gasteiger partial charge in [-0.05, 0) is 38.3 Å². The number of hydrogen-bond donors (Lipinski definition) is 0. The number of benzene rings is 2. The standard InChI is InChI=1S/C22H23NO/c1-16-9-11-20(12-10-16)21-15-23(17(2)22(21)18(3)24)14-13-19-7-5-4-6-8-19/h4-12,15H,13-14H2,1-3H3. The molecule has 24 heavy (non-hydrogen) atoms. The summed E-state index contributed by atoms with van der Waals surface area (Å²) in [7, 11) is 0. The van der Waals surface area contributed by atoms with Gasteiger partial charge in [-0.2, -0.15) is 0 Å². The van der Waals surface area contributed by atoms with Crippen LogP contribution in [0.5, 0.6) is 0 Å². The van der Waals surface area contributed by atoms with E-state index in [2.05, 4.69) is 66.2 Å². The second kappa shape index (κ2) is 6.88. The number of carbonyl (C=O) groups is 1. The molecule has 2 heteroatoms. The van der Waals surface area contributed by atoms with E-state index in [0.29, 0.717) is 0 Å². The van der Waals surface area contributed by atoms with E-state index in [9.17, 15) is 4.79 Å². The summed E-state index contributed by atoms with van der Waals surface area (Å²) in [6.07, 6.45) is 3.08. The second-order valence-corrected chi connectivity index (χ2v) is 6.35. The first kappa shape index (κ1) is 16.3. The zero-order valence-electron chi connectivity index (χ0n) is 14.5. The van der Waals surface area contributed by atoms with Crippen LogP contribution in [-0.2, 0) is 13.0 Å². The van der Waals surface area contributed by atoms with Crippen LogP contribution in [0.25, 0.3) is 11.1 Å². The molecule has 0 aliphatic carbocycles. The van der Waals surface area contributed by atoms with E-state index in [1.165, 1.54) is 11.1 Å². The van der Waals surface area contributed by atoms with E-state index >= 15 is 0 Å². The van der Waals surface area contributed by atoms with Crippen LogP contribution in [0.4, 0.5) is 0 Å². The highest BCUT2D eigenvalue weighted by atomic mass is 16.1. The molecular weight excluding hydrogens is 294 g/mol. The van der Waals surface area contributed by atoms with Crippen molar-refractivity contribution in [1.29, 1.82) is 0 Å². The first-order valence-electron chi connectivity index (χ1n) is 8.38. The Morgan fingerprint density at radius 1 is 0.958 bits per heavy atom. The number of aryl methyl sites for hydroxylation is 3. The molecule has 0 atom stereocenters. The summed E-state index contributed by atoms with van der Waals surface area (Å²) in [6, 6.07) is 18.8. The Morgan fingerprint density at radius 2 is 1.62 bits per heavy atom. The lowest BCUT2D eigenvalue weighted by molar-refractivity contribution is 0.101. The fourth-order valence-electron chi connectivity index (χ4n) is 3.18. The molecule has 0 fully saturated rings. The molecule has 2 nitrogen and oxygen atoms in total. The van der Waals surface area contributed by atoms with Crippen molar-refractivity contribution in [2.24, 2.45) is 0 Å². The van der Waals surface area contributed by atoms with Crippen molar-refractivity contribution in [3.63, 3.8) is 0 Å². The molecule has 0 N–H and O–H groups in total. The van der Waals surface area contributed by atoms with Crippen molar-refractivity contribution in [2.45, 2.75) is 33.7 Å². The lowest BCUT2D eigenvalue weighted by Crippen LogP contribution is -2.04. The molecule has 1 heterocycles. The predicted octanol–water partition coefficient (Wildman–Crippen LogP) is 5.22. The fraction of sp³-hybridized carbons (Fsp3) is 0.227. The number of ketones is 1. The third-order valence-corrected chi connectivity index (χ3v) is 4.55. The number of carbonyl (C=O) groups excluding carboxylic acids is 1. The minimum atomic E-state index is 0.126. The largest absolute Gasteiger partial charge is 0.350 e. The molecule has 2 aromatic carbocycles. The molecule has 0 aliphatic rings. The van der Waals surface area contributed by atoms with Crippen LogP contribution in [0.1, 0.15) is 34.1 Å². The van der Waals surface area contributed by atoms with Gasteiger partial charge in [0.25, 0.3) is 0 Å². The average molecular weight is 317 g/mol. The first-order valence-corrected chi connectivity index (χ1v) is 8.38. The van der Waals surface area contributed by atoms with E-state index < -0.39 is 0 Å². The van der Waals surface area contributed by atoms with Crippen molar-refractivity contribution < 1.29 is 4.79 Å². The summed E-state index contributed by atoms with van der Waals surface area (Å²) in [5.74, 6) is 0.126. The molecule has 122 valence electrons. The van der Waals surface area contributed by atoms with Gasteiger partial charge in [0.05, 0.1) is 0 Å². The van der Waals surface area contributed by atoms with Gasteiger partial charge in [-0.3, -0.25) is 4.79 Å². The normalized spacial score (nSPS) is 10.8. The van der Waals surface area contributed by atoms with Crippen LogP contribution in [0.2, 0.25) is 0 Å². The van der Waals surface area contributed by atoms with Gasteiger partial charge in [0.2, 0.25) is 0 Å². The van der Waals surface area contributed by atoms with Gasteiger partial charge in [-0.1, -0.05) is 60.2 Å². The smallest absolute Gasteiger partial charge is 0.162 e. The Morgan fingerprint density at radius 3 is 2.25 bits per heavy atom. The lowest BCUT2D eigenvalue weighted by Gasteiger charge is -2.06. The van der Waals surface area contributed by atoms with Gasteiger partial charge in [0.1, 0.15) is 0 Å². The van der Waals surface area contributed by atoms with Crippen molar-refractivity contribution >= 4 is 5.78 Å². The van der Waals surface area contributed by atoms with E-state index in [-0.39, 0.29) is 5.78 Å². The maximum absolute atomic E-state index is 12.2. The van der Waals surface area contributed by atoms with E-state index in [1.807, 2.05) is 13.0 Å². The molecule has 0 bridgehead atoms. The Labute approximate surface area is 143 Å². The van der Waals surface area contributed by atoms with Crippen LogP contribution < -0.4 is 0 Å². The maximum atomic E-state index is 12.2. The zero-order chi connectivity index (χ0) is 17.1. The summed E-state index contributed by atoms with van der Waals surface area (Å²) < 4.78 is 2.21. The SMILES string of the molecule is CC(=O)c1c(-c2ccc(C)cc2)cn(CCc2ccccc2)c1C. The van der Waals surface area contributed by atoms with Crippen LogP contribution in [0.15, 0.2) is 60.8 Å². The summed E-state index contributed by atoms with van der Waals surface area (Å²) in [5.41, 5.74) is 6.57. The van der Waals surface area contributed by atoms with Crippen molar-refractivity contribution in [2.75, 3.05) is 0 Å². The second-order valence-electron chi connectivity index (χ2n) is 6.35. The Bertz CT molecular complexity index is 842. The highest BCUT2D eigenvalue weighted by Gasteiger charge is 2.17. The third-order valence-electron chi connectivity index (χ3n) is 4.55. The van der Waals surface area contributed by atoms with Gasteiger partial charge in [0.15, 0.2) is 5.78 Å². The number of nitrogens with zero attached hydrogens (tertiary/aromatic N) is 1. The number of rotatable bonds is 5. The molecule has 3 rings (SSSR count). The minimum Gasteiger partial charge on any atom is -0.350 e. The molecule has 1 aromatic heterocycles. The van der Waals surface area contributed by atoms with Crippen molar-refractivity contribution in [3.05, 3.63) is 83.2 Å². The van der Waals surface area contributed by atoms with Crippen molar-refractivity contribution in [3.8, 4) is 11.1 Å². The maximum Gasteiger partial charge on any atom is 0.162 e. The molecule has 0 unspecified atom stereocenters. The molecule has 3 aromatic rings. The fourth-order valence-corrected chi connectivity index (χ4v) is 3.18. The molecule has 0 spiro atoms. The van der Waals surface area contributed by atoms with E-state index in [4.69, 9.17) is 0 Å². The monoisotopic (exact) mass is 317 g/mol. The Balaban J connectivity index is 1.95. The van der Waals surface area contributed by atoms with Gasteiger partial charge >= 0.3 is 0 Å². The van der Waals surface area contributed by atoms with E-state index in [1.54, 1.807) is 6.92 Å². The van der Waals surface area contributed by atoms with Gasteiger partial charge < -0.3 is 4.57 Å². The average Bonchev–Trinajstić information content (AvgIpc) is 2.91. The minimum absolute atomic E-state index is 0.126. The molecule has 0 radical (unpaired) electrons. The van der Waals surface area contributed by atoms with Gasteiger partial charge in [-0.25, -0.2) is 0 Å². The zero-order valence-corrected chi connectivity index (χ0v) is 14.5. The first-order chi connectivity index (χ1) is 11.6. The van der Waals surface area contributed by atoms with Crippen molar-refractivity contribution in [1.82, 2.24) is 4.57 Å². The predicted molar refractivity (Wildman–Crippen MR) is 99.5 cm³/mol. The molecule has 0 saturated heterocycles. The van der Waals surface area contributed by atoms with Crippen LogP contribution in [-0.4, -0.2) is 10.4 Å². The number of aromatic nitrogens is 1. The summed E-state index contributed by atoms with van der Waals surface area (Å²) in [4.78, 5) is 12.2. The third kappa shape index (κ3) is 3.33. The molecular formula is C22H23NO. The highest BCUT2D eigenvalue weighted by molar-refractivity contribution is 6.02. The highest BCUT2D eigenvalue weighted by Crippen LogP contribution is 2.29. The van der Waals surface area contributed by atoms with Gasteiger partial charge in [-0.15, -0.1) is 0 Å². The Kier molecular flexibility index (Phi) is 4.66. The summed E-state index contributed by atoms with van der Waals surface area (Å²) in [5, 5.41) is 0. The van der Waals surface area contributed by atoms with Gasteiger partial charge in [0, 0.05) is 29.6 Å². The van der Waals surface area contributed by atoms with Crippen LogP contribution in [0.3, 0.4) is 0 Å². The Hall–Kier alpha value is -2.61. The van der Waals surface area contributed by atoms with Crippen LogP contribution >= 0.6 is 0 Å². The summed E-state index contributed by atoms with van der Waals surface area (Å²) >= 11 is 0. The molecule has 0 saturated carbocycles. The van der Waals surface area contributed by atoms with Crippen LogP contribution in [0, 0.1) is 13.8 Å². The number of hydrogen-bond acceptors (Lipinski definition) is 1. The molecule has 0 aliphatic heterocycles. The molecule has 0 amide bonds. The quantitative estimate of drug-likeness (QED) is 0.592.